The van der Waals surface area contributed by atoms with Crippen molar-refractivity contribution in [2.45, 2.75) is 39.0 Å². The average molecular weight is 293 g/mol. The van der Waals surface area contributed by atoms with Crippen LogP contribution in [0.4, 0.5) is 0 Å². The summed E-state index contributed by atoms with van der Waals surface area (Å²) < 4.78 is 0. The third-order valence-electron chi connectivity index (χ3n) is 3.15. The van der Waals surface area contributed by atoms with Gasteiger partial charge in [0.2, 0.25) is 5.91 Å². The van der Waals surface area contributed by atoms with Crippen molar-refractivity contribution in [2.24, 2.45) is 0 Å². The third kappa shape index (κ3) is 4.86. The zero-order chi connectivity index (χ0) is 15.0. The highest BCUT2D eigenvalue weighted by molar-refractivity contribution is 6.30. The number of rotatable bonds is 7. The molecule has 0 aliphatic heterocycles. The minimum Gasteiger partial charge on any atom is -0.343 e. The van der Waals surface area contributed by atoms with Crippen molar-refractivity contribution in [3.8, 4) is 6.07 Å². The predicted octanol–water partition coefficient (Wildman–Crippen LogP) is 3.99. The molecule has 1 aromatic carbocycles. The highest BCUT2D eigenvalue weighted by Crippen LogP contribution is 2.22. The van der Waals surface area contributed by atoms with Crippen molar-refractivity contribution in [1.29, 1.82) is 5.26 Å². The number of hydrogen-bond donors (Lipinski definition) is 0. The van der Waals surface area contributed by atoms with Crippen LogP contribution in [0.5, 0.6) is 0 Å². The van der Waals surface area contributed by atoms with Gasteiger partial charge < -0.3 is 4.90 Å². The van der Waals surface area contributed by atoms with Crippen molar-refractivity contribution in [3.63, 3.8) is 0 Å². The van der Waals surface area contributed by atoms with Gasteiger partial charge in [0.25, 0.3) is 0 Å². The van der Waals surface area contributed by atoms with Gasteiger partial charge in [0, 0.05) is 24.5 Å². The van der Waals surface area contributed by atoms with Crippen LogP contribution in [-0.4, -0.2) is 23.9 Å². The van der Waals surface area contributed by atoms with E-state index in [0.29, 0.717) is 5.02 Å². The summed E-state index contributed by atoms with van der Waals surface area (Å²) in [5, 5.41) is 9.92. The molecule has 0 heterocycles. The summed E-state index contributed by atoms with van der Waals surface area (Å²) in [7, 11) is 0. The molecule has 20 heavy (non-hydrogen) atoms. The molecule has 1 unspecified atom stereocenters. The molecule has 0 aliphatic carbocycles. The highest BCUT2D eigenvalue weighted by Gasteiger charge is 2.19. The smallest absolute Gasteiger partial charge is 0.224 e. The van der Waals surface area contributed by atoms with Gasteiger partial charge in [0.05, 0.1) is 12.0 Å². The van der Waals surface area contributed by atoms with Crippen LogP contribution in [-0.2, 0) is 4.79 Å². The van der Waals surface area contributed by atoms with Gasteiger partial charge in [-0.15, -0.1) is 0 Å². The second kappa shape index (κ2) is 8.60. The lowest BCUT2D eigenvalue weighted by molar-refractivity contribution is -0.131. The SMILES string of the molecule is CCCN(CCC)C(=O)CC(C#N)c1ccc(Cl)cc1. The number of nitrogens with zero attached hydrogens (tertiary/aromatic N) is 2. The van der Waals surface area contributed by atoms with Gasteiger partial charge in [-0.25, -0.2) is 0 Å². The van der Waals surface area contributed by atoms with E-state index in [1.54, 1.807) is 12.1 Å². The van der Waals surface area contributed by atoms with Gasteiger partial charge in [-0.1, -0.05) is 37.6 Å². The number of nitriles is 1. The summed E-state index contributed by atoms with van der Waals surface area (Å²) in [6.45, 7) is 5.62. The zero-order valence-electron chi connectivity index (χ0n) is 12.1. The minimum absolute atomic E-state index is 0.0511. The molecule has 1 rings (SSSR count). The summed E-state index contributed by atoms with van der Waals surface area (Å²) in [4.78, 5) is 14.1. The van der Waals surface area contributed by atoms with E-state index < -0.39 is 5.92 Å². The Hall–Kier alpha value is -1.53. The Kier molecular flexibility index (Phi) is 7.11. The van der Waals surface area contributed by atoms with E-state index in [4.69, 9.17) is 11.6 Å². The maximum absolute atomic E-state index is 12.3. The standard InChI is InChI=1S/C16H21ClN2O/c1-3-9-19(10-4-2)16(20)11-14(12-18)13-5-7-15(17)8-6-13/h5-8,14H,3-4,9-11H2,1-2H3. The Morgan fingerprint density at radius 2 is 1.80 bits per heavy atom. The molecule has 1 aromatic rings. The first-order valence-corrected chi connectivity index (χ1v) is 7.43. The van der Waals surface area contributed by atoms with Gasteiger partial charge in [0.15, 0.2) is 0 Å². The molecular formula is C16H21ClN2O. The molecule has 1 atom stereocenters. The Morgan fingerprint density at radius 1 is 1.25 bits per heavy atom. The number of hydrogen-bond acceptors (Lipinski definition) is 2. The van der Waals surface area contributed by atoms with E-state index in [2.05, 4.69) is 19.9 Å². The Bertz CT molecular complexity index is 458. The summed E-state index contributed by atoms with van der Waals surface area (Å²) in [5.74, 6) is -0.355. The molecule has 0 spiro atoms. The second-order valence-corrected chi connectivity index (χ2v) is 5.25. The van der Waals surface area contributed by atoms with Crippen molar-refractivity contribution in [2.75, 3.05) is 13.1 Å². The molecule has 0 saturated carbocycles. The van der Waals surface area contributed by atoms with Crippen LogP contribution in [0.3, 0.4) is 0 Å². The molecule has 108 valence electrons. The number of carbonyl (C=O) groups excluding carboxylic acids is 1. The van der Waals surface area contributed by atoms with Crippen LogP contribution in [0, 0.1) is 11.3 Å². The Labute approximate surface area is 126 Å². The third-order valence-corrected chi connectivity index (χ3v) is 3.40. The van der Waals surface area contributed by atoms with E-state index in [-0.39, 0.29) is 12.3 Å². The van der Waals surface area contributed by atoms with Gasteiger partial charge in [0.1, 0.15) is 0 Å². The van der Waals surface area contributed by atoms with Crippen LogP contribution < -0.4 is 0 Å². The van der Waals surface area contributed by atoms with Gasteiger partial charge in [-0.3, -0.25) is 4.79 Å². The quantitative estimate of drug-likeness (QED) is 0.763. The second-order valence-electron chi connectivity index (χ2n) is 4.82. The predicted molar refractivity (Wildman–Crippen MR) is 81.6 cm³/mol. The monoisotopic (exact) mass is 292 g/mol. The maximum Gasteiger partial charge on any atom is 0.224 e. The van der Waals surface area contributed by atoms with E-state index in [9.17, 15) is 10.1 Å². The number of amides is 1. The van der Waals surface area contributed by atoms with Crippen LogP contribution in [0.1, 0.15) is 44.6 Å². The minimum atomic E-state index is -0.407. The van der Waals surface area contributed by atoms with Crippen molar-refractivity contribution >= 4 is 17.5 Å². The van der Waals surface area contributed by atoms with Crippen LogP contribution in [0.25, 0.3) is 0 Å². The summed E-state index contributed by atoms with van der Waals surface area (Å²) in [5.41, 5.74) is 0.846. The molecule has 0 aliphatic rings. The summed E-state index contributed by atoms with van der Waals surface area (Å²) in [6, 6.07) is 9.35. The highest BCUT2D eigenvalue weighted by atomic mass is 35.5. The molecule has 0 saturated heterocycles. The van der Waals surface area contributed by atoms with Crippen LogP contribution in [0.2, 0.25) is 5.02 Å². The Balaban J connectivity index is 2.74. The van der Waals surface area contributed by atoms with E-state index >= 15 is 0 Å². The number of benzene rings is 1. The zero-order valence-corrected chi connectivity index (χ0v) is 12.9. The lowest BCUT2D eigenvalue weighted by Crippen LogP contribution is -2.33. The molecule has 0 fully saturated rings. The average Bonchev–Trinajstić information content (AvgIpc) is 2.45. The molecule has 0 radical (unpaired) electrons. The van der Waals surface area contributed by atoms with Crippen molar-refractivity contribution < 1.29 is 4.79 Å². The van der Waals surface area contributed by atoms with E-state index in [1.165, 1.54) is 0 Å². The molecule has 3 nitrogen and oxygen atoms in total. The Morgan fingerprint density at radius 3 is 2.25 bits per heavy atom. The molecule has 0 N–H and O–H groups in total. The van der Waals surface area contributed by atoms with E-state index in [0.717, 1.165) is 31.5 Å². The largest absolute Gasteiger partial charge is 0.343 e. The van der Waals surface area contributed by atoms with Crippen molar-refractivity contribution in [3.05, 3.63) is 34.9 Å². The molecular weight excluding hydrogens is 272 g/mol. The fraction of sp³-hybridized carbons (Fsp3) is 0.500. The molecule has 4 heteroatoms. The summed E-state index contributed by atoms with van der Waals surface area (Å²) >= 11 is 5.84. The molecule has 0 bridgehead atoms. The molecule has 1 amide bonds. The number of carbonyl (C=O) groups is 1. The topological polar surface area (TPSA) is 44.1 Å². The van der Waals surface area contributed by atoms with Gasteiger partial charge >= 0.3 is 0 Å². The lowest BCUT2D eigenvalue weighted by Gasteiger charge is -2.22. The fourth-order valence-corrected chi connectivity index (χ4v) is 2.26. The van der Waals surface area contributed by atoms with Crippen LogP contribution in [0.15, 0.2) is 24.3 Å². The van der Waals surface area contributed by atoms with Gasteiger partial charge in [-0.05, 0) is 30.5 Å². The van der Waals surface area contributed by atoms with Gasteiger partial charge in [-0.2, -0.15) is 5.26 Å². The first-order valence-electron chi connectivity index (χ1n) is 7.05. The fourth-order valence-electron chi connectivity index (χ4n) is 2.14. The maximum atomic E-state index is 12.3. The van der Waals surface area contributed by atoms with Crippen LogP contribution >= 0.6 is 11.6 Å². The lowest BCUT2D eigenvalue weighted by atomic mass is 9.96. The van der Waals surface area contributed by atoms with Crippen molar-refractivity contribution in [1.82, 2.24) is 4.90 Å². The molecule has 0 aromatic heterocycles. The van der Waals surface area contributed by atoms with E-state index in [1.807, 2.05) is 17.0 Å². The first kappa shape index (κ1) is 16.5. The number of halogens is 1. The first-order chi connectivity index (χ1) is 9.62. The summed E-state index contributed by atoms with van der Waals surface area (Å²) in [6.07, 6.45) is 2.10. The normalized spacial score (nSPS) is 11.7.